The number of nitrogens with zero attached hydrogens (tertiary/aromatic N) is 2. The van der Waals surface area contributed by atoms with Gasteiger partial charge in [-0.1, -0.05) is 0 Å². The molecule has 7 heteroatoms. The number of amides is 1. The molecule has 0 spiro atoms. The van der Waals surface area contributed by atoms with Crippen LogP contribution in [0.25, 0.3) is 0 Å². The Kier molecular flexibility index (Phi) is 4.52. The van der Waals surface area contributed by atoms with E-state index in [0.717, 1.165) is 29.3 Å². The zero-order valence-corrected chi connectivity index (χ0v) is 14.4. The smallest absolute Gasteiger partial charge is 0.249 e. The summed E-state index contributed by atoms with van der Waals surface area (Å²) >= 11 is 1.55. The van der Waals surface area contributed by atoms with Gasteiger partial charge in [-0.25, -0.2) is 0 Å². The lowest BCUT2D eigenvalue weighted by Crippen LogP contribution is -2.31. The van der Waals surface area contributed by atoms with Gasteiger partial charge in [0.2, 0.25) is 5.91 Å². The quantitative estimate of drug-likeness (QED) is 0.874. The molecule has 3 rings (SSSR count). The number of carbonyl (C=O) groups is 1. The Morgan fingerprint density at radius 3 is 2.96 bits per heavy atom. The fraction of sp³-hybridized carbons (Fsp3) is 0.500. The van der Waals surface area contributed by atoms with Gasteiger partial charge in [-0.05, 0) is 26.3 Å². The molecule has 1 saturated heterocycles. The summed E-state index contributed by atoms with van der Waals surface area (Å²) < 4.78 is 7.88. The van der Waals surface area contributed by atoms with Crippen molar-refractivity contribution >= 4 is 17.2 Å². The molecule has 6 nitrogen and oxygen atoms in total. The van der Waals surface area contributed by atoms with Gasteiger partial charge in [-0.15, -0.1) is 11.3 Å². The first-order valence-electron chi connectivity index (χ1n) is 7.69. The summed E-state index contributed by atoms with van der Waals surface area (Å²) in [7, 11) is 1.96. The molecule has 3 heterocycles. The van der Waals surface area contributed by atoms with Crippen molar-refractivity contribution < 1.29 is 9.53 Å². The van der Waals surface area contributed by atoms with E-state index in [1.807, 2.05) is 24.7 Å². The minimum absolute atomic E-state index is 0.0271. The summed E-state index contributed by atoms with van der Waals surface area (Å²) in [6.07, 6.45) is 0.992. The molecule has 1 fully saturated rings. The van der Waals surface area contributed by atoms with Crippen molar-refractivity contribution in [3.05, 3.63) is 38.8 Å². The molecule has 1 aliphatic heterocycles. The lowest BCUT2D eigenvalue weighted by Gasteiger charge is -2.20. The Balaban J connectivity index is 1.70. The molecule has 1 aliphatic rings. The van der Waals surface area contributed by atoms with Gasteiger partial charge in [0, 0.05) is 47.8 Å². The number of ether oxygens (including phenoxy) is 1. The van der Waals surface area contributed by atoms with Gasteiger partial charge in [-0.3, -0.25) is 9.48 Å². The van der Waals surface area contributed by atoms with Crippen LogP contribution in [0.5, 0.6) is 0 Å². The number of nitrogens with one attached hydrogen (secondary N) is 1. The van der Waals surface area contributed by atoms with Crippen molar-refractivity contribution in [1.29, 1.82) is 0 Å². The zero-order chi connectivity index (χ0) is 16.6. The average Bonchev–Trinajstić information content (AvgIpc) is 3.18. The summed E-state index contributed by atoms with van der Waals surface area (Å²) in [5.41, 5.74) is 9.23. The van der Waals surface area contributed by atoms with Crippen molar-refractivity contribution in [2.24, 2.45) is 12.8 Å². The molecular formula is C16H22N4O2S. The molecular weight excluding hydrogens is 312 g/mol. The van der Waals surface area contributed by atoms with E-state index in [0.29, 0.717) is 12.1 Å². The van der Waals surface area contributed by atoms with Crippen molar-refractivity contribution in [2.45, 2.75) is 39.0 Å². The molecule has 2 aromatic rings. The number of primary amides is 1. The van der Waals surface area contributed by atoms with Crippen LogP contribution < -0.4 is 11.1 Å². The molecule has 0 aromatic carbocycles. The molecule has 2 aromatic heterocycles. The highest BCUT2D eigenvalue weighted by molar-refractivity contribution is 7.10. The van der Waals surface area contributed by atoms with Gasteiger partial charge in [0.25, 0.3) is 0 Å². The minimum atomic E-state index is -0.379. The standard InChI is InChI=1S/C16H22N4O2S/c1-9-14(10(2)20(3)19-9)15-13(4-5-22-15)18-7-12-6-11(8-23-12)16(17)21/h6,8,13,15,18H,4-5,7H2,1-3H3,(H2,17,21)/t13-,15-/m0/s1. The predicted molar refractivity (Wildman–Crippen MR) is 89.5 cm³/mol. The van der Waals surface area contributed by atoms with Crippen LogP contribution in [0.3, 0.4) is 0 Å². The van der Waals surface area contributed by atoms with Crippen LogP contribution in [-0.2, 0) is 18.3 Å². The highest BCUT2D eigenvalue weighted by Gasteiger charge is 2.33. The Labute approximate surface area is 139 Å². The van der Waals surface area contributed by atoms with Crippen molar-refractivity contribution in [2.75, 3.05) is 6.61 Å². The highest BCUT2D eigenvalue weighted by atomic mass is 32.1. The molecule has 1 amide bonds. The highest BCUT2D eigenvalue weighted by Crippen LogP contribution is 2.33. The predicted octanol–water partition coefficient (Wildman–Crippen LogP) is 1.82. The van der Waals surface area contributed by atoms with Crippen LogP contribution >= 0.6 is 11.3 Å². The van der Waals surface area contributed by atoms with E-state index in [4.69, 9.17) is 10.5 Å². The number of hydrogen-bond donors (Lipinski definition) is 2. The molecule has 0 aliphatic carbocycles. The molecule has 23 heavy (non-hydrogen) atoms. The second kappa shape index (κ2) is 6.43. The van der Waals surface area contributed by atoms with E-state index in [-0.39, 0.29) is 18.1 Å². The Morgan fingerprint density at radius 2 is 2.35 bits per heavy atom. The first kappa shape index (κ1) is 16.2. The van der Waals surface area contributed by atoms with E-state index >= 15 is 0 Å². The maximum Gasteiger partial charge on any atom is 0.249 e. The Hall–Kier alpha value is -1.70. The van der Waals surface area contributed by atoms with Gasteiger partial charge in [0.15, 0.2) is 0 Å². The molecule has 0 unspecified atom stereocenters. The van der Waals surface area contributed by atoms with Crippen molar-refractivity contribution in [1.82, 2.24) is 15.1 Å². The minimum Gasteiger partial charge on any atom is -0.372 e. The summed E-state index contributed by atoms with van der Waals surface area (Å²) in [6.45, 7) is 5.56. The monoisotopic (exact) mass is 334 g/mol. The molecule has 124 valence electrons. The van der Waals surface area contributed by atoms with Crippen molar-refractivity contribution in [3.8, 4) is 0 Å². The first-order chi connectivity index (χ1) is 11.0. The molecule has 0 bridgehead atoms. The Morgan fingerprint density at radius 1 is 1.57 bits per heavy atom. The lowest BCUT2D eigenvalue weighted by molar-refractivity contribution is 0.0974. The molecule has 0 radical (unpaired) electrons. The molecule has 2 atom stereocenters. The summed E-state index contributed by atoms with van der Waals surface area (Å²) in [6, 6.07) is 2.10. The van der Waals surface area contributed by atoms with Crippen LogP contribution in [0.1, 0.15) is 44.7 Å². The van der Waals surface area contributed by atoms with Gasteiger partial charge < -0.3 is 15.8 Å². The van der Waals surface area contributed by atoms with Gasteiger partial charge in [-0.2, -0.15) is 5.10 Å². The zero-order valence-electron chi connectivity index (χ0n) is 13.6. The number of carbonyl (C=O) groups excluding carboxylic acids is 1. The number of aryl methyl sites for hydroxylation is 2. The lowest BCUT2D eigenvalue weighted by atomic mass is 10.0. The van der Waals surface area contributed by atoms with E-state index in [1.165, 1.54) is 5.56 Å². The number of aromatic nitrogens is 2. The number of nitrogens with two attached hydrogens (primary N) is 1. The topological polar surface area (TPSA) is 82.2 Å². The van der Waals surface area contributed by atoms with E-state index in [1.54, 1.807) is 16.7 Å². The SMILES string of the molecule is Cc1nn(C)c(C)c1[C@H]1OCC[C@@H]1NCc1cc(C(N)=O)cs1. The van der Waals surface area contributed by atoms with Gasteiger partial charge >= 0.3 is 0 Å². The molecule has 3 N–H and O–H groups in total. The fourth-order valence-corrected chi connectivity index (χ4v) is 3.94. The third kappa shape index (κ3) is 3.17. The van der Waals surface area contributed by atoms with Crippen LogP contribution in [0.2, 0.25) is 0 Å². The second-order valence-electron chi connectivity index (χ2n) is 5.94. The maximum absolute atomic E-state index is 11.2. The van der Waals surface area contributed by atoms with Crippen LogP contribution in [0.15, 0.2) is 11.4 Å². The number of hydrogen-bond acceptors (Lipinski definition) is 5. The van der Waals surface area contributed by atoms with Crippen LogP contribution in [0.4, 0.5) is 0 Å². The average molecular weight is 334 g/mol. The summed E-state index contributed by atoms with van der Waals surface area (Å²) in [4.78, 5) is 12.3. The largest absolute Gasteiger partial charge is 0.372 e. The first-order valence-corrected chi connectivity index (χ1v) is 8.57. The van der Waals surface area contributed by atoms with Crippen LogP contribution in [0, 0.1) is 13.8 Å². The maximum atomic E-state index is 11.2. The second-order valence-corrected chi connectivity index (χ2v) is 6.94. The third-order valence-electron chi connectivity index (χ3n) is 4.42. The van der Waals surface area contributed by atoms with Gasteiger partial charge in [0.1, 0.15) is 6.10 Å². The summed E-state index contributed by atoms with van der Waals surface area (Å²) in [5, 5.41) is 9.85. The fourth-order valence-electron chi connectivity index (χ4n) is 3.12. The van der Waals surface area contributed by atoms with Gasteiger partial charge in [0.05, 0.1) is 11.3 Å². The van der Waals surface area contributed by atoms with E-state index < -0.39 is 0 Å². The van der Waals surface area contributed by atoms with Crippen molar-refractivity contribution in [3.63, 3.8) is 0 Å². The molecule has 0 saturated carbocycles. The number of rotatable bonds is 5. The van der Waals surface area contributed by atoms with Crippen LogP contribution in [-0.4, -0.2) is 28.3 Å². The third-order valence-corrected chi connectivity index (χ3v) is 5.35. The number of thiophene rings is 1. The normalized spacial score (nSPS) is 21.0. The Bertz CT molecular complexity index is 722. The van der Waals surface area contributed by atoms with E-state index in [2.05, 4.69) is 17.3 Å². The van der Waals surface area contributed by atoms with E-state index in [9.17, 15) is 4.79 Å². The summed E-state index contributed by atoms with van der Waals surface area (Å²) in [5.74, 6) is -0.379.